The van der Waals surface area contributed by atoms with E-state index < -0.39 is 0 Å². The summed E-state index contributed by atoms with van der Waals surface area (Å²) >= 11 is 0. The van der Waals surface area contributed by atoms with Gasteiger partial charge in [0.25, 0.3) is 0 Å². The molecule has 2 aromatic rings. The third-order valence-electron chi connectivity index (χ3n) is 6.29. The van der Waals surface area contributed by atoms with E-state index in [1.54, 1.807) is 30.3 Å². The first-order valence-electron chi connectivity index (χ1n) is 11.7. The molecule has 0 saturated heterocycles. The summed E-state index contributed by atoms with van der Waals surface area (Å²) < 4.78 is 20.2. The predicted molar refractivity (Wildman–Crippen MR) is 121 cm³/mol. The number of hydrogen-bond donors (Lipinski definition) is 0. The third kappa shape index (κ3) is 6.17. The van der Waals surface area contributed by atoms with Crippen LogP contribution in [0.5, 0.6) is 0 Å². The molecule has 0 aromatic heterocycles. The molecule has 0 atom stereocenters. The van der Waals surface area contributed by atoms with E-state index in [0.717, 1.165) is 55.6 Å². The van der Waals surface area contributed by atoms with Crippen LogP contribution in [-0.2, 0) is 11.2 Å². The smallest absolute Gasteiger partial charge is 0.338 e. The van der Waals surface area contributed by atoms with Gasteiger partial charge in [0.05, 0.1) is 5.56 Å². The number of carbonyl (C=O) groups excluding carboxylic acids is 1. The van der Waals surface area contributed by atoms with Crippen molar-refractivity contribution in [1.29, 1.82) is 0 Å². The normalized spacial score (nSPS) is 18.9. The standard InChI is InChI=1S/C27H35FO2/c1-3-5-6-8-20-9-16-24(17-10-20)30-27(29)23-14-12-22(13-15-23)25-18-11-21(7-4-2)19-26(25)28/h11-15,18-20,24H,3-10,16-17H2,1-2H3. The van der Waals surface area contributed by atoms with Gasteiger partial charge in [0.2, 0.25) is 0 Å². The molecule has 2 nitrogen and oxygen atoms in total. The second-order valence-electron chi connectivity index (χ2n) is 8.69. The Balaban J connectivity index is 1.53. The highest BCUT2D eigenvalue weighted by Crippen LogP contribution is 2.31. The number of rotatable bonds is 9. The first-order chi connectivity index (χ1) is 14.6. The van der Waals surface area contributed by atoms with Crippen molar-refractivity contribution in [2.24, 2.45) is 5.92 Å². The summed E-state index contributed by atoms with van der Waals surface area (Å²) in [6.45, 7) is 4.32. The maximum Gasteiger partial charge on any atom is 0.338 e. The Kier molecular flexibility index (Phi) is 8.48. The SMILES string of the molecule is CCCCCC1CCC(OC(=O)c2ccc(-c3ccc(CCC)cc3F)cc2)CC1. The van der Waals surface area contributed by atoms with Crippen LogP contribution in [0.15, 0.2) is 42.5 Å². The highest BCUT2D eigenvalue weighted by molar-refractivity contribution is 5.90. The van der Waals surface area contributed by atoms with Crippen molar-refractivity contribution in [1.82, 2.24) is 0 Å². The van der Waals surface area contributed by atoms with E-state index in [4.69, 9.17) is 4.74 Å². The highest BCUT2D eigenvalue weighted by atomic mass is 19.1. The fourth-order valence-corrected chi connectivity index (χ4v) is 4.46. The monoisotopic (exact) mass is 410 g/mol. The molecular weight excluding hydrogens is 375 g/mol. The van der Waals surface area contributed by atoms with Gasteiger partial charge in [-0.2, -0.15) is 0 Å². The molecule has 0 aliphatic heterocycles. The molecule has 0 bridgehead atoms. The van der Waals surface area contributed by atoms with Crippen molar-refractivity contribution in [2.75, 3.05) is 0 Å². The fourth-order valence-electron chi connectivity index (χ4n) is 4.46. The van der Waals surface area contributed by atoms with Crippen molar-refractivity contribution < 1.29 is 13.9 Å². The molecule has 0 heterocycles. The minimum absolute atomic E-state index is 0.0307. The van der Waals surface area contributed by atoms with Gasteiger partial charge in [0.15, 0.2) is 0 Å². The lowest BCUT2D eigenvalue weighted by atomic mass is 9.84. The van der Waals surface area contributed by atoms with E-state index in [0.29, 0.717) is 11.1 Å². The number of aryl methyl sites for hydroxylation is 1. The Morgan fingerprint density at radius 3 is 2.33 bits per heavy atom. The number of benzene rings is 2. The number of hydrogen-bond acceptors (Lipinski definition) is 2. The van der Waals surface area contributed by atoms with E-state index in [9.17, 15) is 9.18 Å². The van der Waals surface area contributed by atoms with Crippen LogP contribution in [0.2, 0.25) is 0 Å². The molecule has 0 amide bonds. The van der Waals surface area contributed by atoms with E-state index in [1.807, 2.05) is 12.1 Å². The maximum atomic E-state index is 14.5. The maximum absolute atomic E-state index is 14.5. The van der Waals surface area contributed by atoms with Crippen molar-refractivity contribution in [3.63, 3.8) is 0 Å². The summed E-state index contributed by atoms with van der Waals surface area (Å²) in [5.41, 5.74) is 2.89. The Morgan fingerprint density at radius 2 is 1.70 bits per heavy atom. The van der Waals surface area contributed by atoms with Gasteiger partial charge in [-0.05, 0) is 67.3 Å². The fraction of sp³-hybridized carbons (Fsp3) is 0.519. The van der Waals surface area contributed by atoms with Gasteiger partial charge in [0.1, 0.15) is 11.9 Å². The van der Waals surface area contributed by atoms with Crippen molar-refractivity contribution in [3.05, 3.63) is 59.4 Å². The van der Waals surface area contributed by atoms with Gasteiger partial charge in [0, 0.05) is 5.56 Å². The van der Waals surface area contributed by atoms with Gasteiger partial charge in [-0.25, -0.2) is 9.18 Å². The largest absolute Gasteiger partial charge is 0.459 e. The average molecular weight is 411 g/mol. The molecule has 162 valence electrons. The van der Waals surface area contributed by atoms with Crippen molar-refractivity contribution >= 4 is 5.97 Å². The Morgan fingerprint density at radius 1 is 0.967 bits per heavy atom. The first-order valence-corrected chi connectivity index (χ1v) is 11.7. The summed E-state index contributed by atoms with van der Waals surface area (Å²) in [5, 5.41) is 0. The minimum Gasteiger partial charge on any atom is -0.459 e. The molecule has 1 saturated carbocycles. The summed E-state index contributed by atoms with van der Waals surface area (Å²) in [6, 6.07) is 12.5. The number of esters is 1. The molecule has 0 radical (unpaired) electrons. The van der Waals surface area contributed by atoms with Gasteiger partial charge in [-0.1, -0.05) is 70.2 Å². The Bertz CT molecular complexity index is 804. The molecule has 1 aliphatic carbocycles. The molecule has 2 aromatic carbocycles. The van der Waals surface area contributed by atoms with E-state index in [2.05, 4.69) is 13.8 Å². The highest BCUT2D eigenvalue weighted by Gasteiger charge is 2.24. The second-order valence-corrected chi connectivity index (χ2v) is 8.69. The zero-order chi connectivity index (χ0) is 21.3. The molecule has 3 heteroatoms. The van der Waals surface area contributed by atoms with E-state index in [-0.39, 0.29) is 17.9 Å². The molecule has 1 fully saturated rings. The number of unbranched alkanes of at least 4 members (excludes halogenated alkanes) is 2. The molecule has 0 unspecified atom stereocenters. The number of ether oxygens (including phenoxy) is 1. The number of halogens is 1. The van der Waals surface area contributed by atoms with Crippen LogP contribution in [0.1, 0.15) is 87.6 Å². The lowest BCUT2D eigenvalue weighted by molar-refractivity contribution is 0.0161. The van der Waals surface area contributed by atoms with Crippen LogP contribution < -0.4 is 0 Å². The van der Waals surface area contributed by atoms with Crippen LogP contribution >= 0.6 is 0 Å². The quantitative estimate of drug-likeness (QED) is 0.312. The van der Waals surface area contributed by atoms with Gasteiger partial charge in [-0.3, -0.25) is 0 Å². The lowest BCUT2D eigenvalue weighted by Crippen LogP contribution is -2.24. The molecule has 1 aliphatic rings. The summed E-state index contributed by atoms with van der Waals surface area (Å²) in [7, 11) is 0. The first kappa shape index (κ1) is 22.5. The Hall–Kier alpha value is -2.16. The minimum atomic E-state index is -0.269. The lowest BCUT2D eigenvalue weighted by Gasteiger charge is -2.28. The average Bonchev–Trinajstić information content (AvgIpc) is 2.76. The summed E-state index contributed by atoms with van der Waals surface area (Å²) in [6.07, 6.45) is 11.4. The third-order valence-corrected chi connectivity index (χ3v) is 6.29. The summed E-state index contributed by atoms with van der Waals surface area (Å²) in [5.74, 6) is 0.311. The van der Waals surface area contributed by atoms with Gasteiger partial charge >= 0.3 is 5.97 Å². The second kappa shape index (κ2) is 11.3. The topological polar surface area (TPSA) is 26.3 Å². The van der Waals surface area contributed by atoms with E-state index >= 15 is 0 Å². The number of carbonyl (C=O) groups is 1. The van der Waals surface area contributed by atoms with Crippen LogP contribution in [0.25, 0.3) is 11.1 Å². The van der Waals surface area contributed by atoms with Crippen molar-refractivity contribution in [3.8, 4) is 11.1 Å². The van der Waals surface area contributed by atoms with Crippen LogP contribution in [0.3, 0.4) is 0 Å². The van der Waals surface area contributed by atoms with Crippen LogP contribution in [0, 0.1) is 11.7 Å². The summed E-state index contributed by atoms with van der Waals surface area (Å²) in [4.78, 5) is 12.5. The Labute approximate surface area is 180 Å². The molecule has 3 rings (SSSR count). The van der Waals surface area contributed by atoms with Gasteiger partial charge in [-0.15, -0.1) is 0 Å². The van der Waals surface area contributed by atoms with Crippen LogP contribution in [-0.4, -0.2) is 12.1 Å². The molecular formula is C27H35FO2. The molecule has 30 heavy (non-hydrogen) atoms. The molecule has 0 N–H and O–H groups in total. The molecule has 0 spiro atoms. The van der Waals surface area contributed by atoms with Crippen molar-refractivity contribution in [2.45, 2.75) is 84.2 Å². The van der Waals surface area contributed by atoms with E-state index in [1.165, 1.54) is 25.7 Å². The predicted octanol–water partition coefficient (Wildman–Crippen LogP) is 7.74. The zero-order valence-corrected chi connectivity index (χ0v) is 18.5. The van der Waals surface area contributed by atoms with Gasteiger partial charge < -0.3 is 4.74 Å². The zero-order valence-electron chi connectivity index (χ0n) is 18.5. The van der Waals surface area contributed by atoms with Crippen LogP contribution in [0.4, 0.5) is 4.39 Å².